The number of nitro benzene ring substituents is 1. The van der Waals surface area contributed by atoms with E-state index < -0.39 is 4.92 Å². The molecule has 0 heterocycles. The van der Waals surface area contributed by atoms with Crippen molar-refractivity contribution in [2.75, 3.05) is 0 Å². The maximum absolute atomic E-state index is 11.9. The summed E-state index contributed by atoms with van der Waals surface area (Å²) in [5.41, 5.74) is 6.68. The first-order chi connectivity index (χ1) is 9.48. The number of hydrogen-bond donors (Lipinski definition) is 2. The van der Waals surface area contributed by atoms with Gasteiger partial charge in [0.1, 0.15) is 0 Å². The maximum atomic E-state index is 11.9. The van der Waals surface area contributed by atoms with E-state index in [1.54, 1.807) is 12.1 Å². The summed E-state index contributed by atoms with van der Waals surface area (Å²) in [7, 11) is 0. The largest absolute Gasteiger partial charge is 0.352 e. The Kier molecular flexibility index (Phi) is 4.34. The lowest BCUT2D eigenvalue weighted by Crippen LogP contribution is -2.41. The first-order valence-electron chi connectivity index (χ1n) is 6.77. The maximum Gasteiger partial charge on any atom is 0.269 e. The number of non-ortho nitro benzene ring substituents is 1. The van der Waals surface area contributed by atoms with Gasteiger partial charge in [0.25, 0.3) is 5.69 Å². The van der Waals surface area contributed by atoms with Crippen LogP contribution in [0.1, 0.15) is 37.7 Å². The lowest BCUT2D eigenvalue weighted by molar-refractivity contribution is -0.384. The number of carbonyl (C=O) groups excluding carboxylic acids is 1. The van der Waals surface area contributed by atoms with E-state index in [-0.39, 0.29) is 17.1 Å². The average Bonchev–Trinajstić information content (AvgIpc) is 2.83. The average molecular weight is 277 g/mol. The molecule has 108 valence electrons. The molecule has 0 unspecified atom stereocenters. The molecule has 20 heavy (non-hydrogen) atoms. The molecule has 1 aliphatic carbocycles. The van der Waals surface area contributed by atoms with E-state index in [4.69, 9.17) is 5.73 Å². The Bertz CT molecular complexity index is 493. The van der Waals surface area contributed by atoms with Gasteiger partial charge >= 0.3 is 0 Å². The molecule has 0 radical (unpaired) electrons. The molecule has 6 nitrogen and oxygen atoms in total. The van der Waals surface area contributed by atoms with Crippen LogP contribution in [0.25, 0.3) is 0 Å². The Labute approximate surface area is 117 Å². The molecule has 0 aliphatic heterocycles. The van der Waals surface area contributed by atoms with Crippen molar-refractivity contribution in [2.45, 2.75) is 44.2 Å². The fourth-order valence-electron chi connectivity index (χ4n) is 2.57. The second-order valence-electron chi connectivity index (χ2n) is 5.45. The molecular formula is C14H19N3O3. The molecule has 1 aromatic rings. The summed E-state index contributed by atoms with van der Waals surface area (Å²) >= 11 is 0. The van der Waals surface area contributed by atoms with Crippen LogP contribution in [0.5, 0.6) is 0 Å². The summed E-state index contributed by atoms with van der Waals surface area (Å²) in [6.45, 7) is 0.368. The van der Waals surface area contributed by atoms with Crippen molar-refractivity contribution >= 4 is 11.6 Å². The van der Waals surface area contributed by atoms with Gasteiger partial charge in [-0.05, 0) is 18.4 Å². The molecule has 1 aromatic carbocycles. The Hall–Kier alpha value is -1.95. The van der Waals surface area contributed by atoms with Crippen molar-refractivity contribution < 1.29 is 9.72 Å². The summed E-state index contributed by atoms with van der Waals surface area (Å²) < 4.78 is 0. The number of rotatable bonds is 5. The van der Waals surface area contributed by atoms with Crippen LogP contribution < -0.4 is 11.1 Å². The number of benzene rings is 1. The molecule has 1 fully saturated rings. The SMILES string of the molecule is NC1(CC(=O)NCc2ccc([N+](=O)[O-])cc2)CCCC1. The normalized spacial score (nSPS) is 16.9. The summed E-state index contributed by atoms with van der Waals surface area (Å²) in [5, 5.41) is 13.3. The van der Waals surface area contributed by atoms with E-state index in [2.05, 4.69) is 5.32 Å². The zero-order chi connectivity index (χ0) is 14.6. The van der Waals surface area contributed by atoms with Crippen molar-refractivity contribution in [2.24, 2.45) is 5.73 Å². The van der Waals surface area contributed by atoms with Crippen LogP contribution in [-0.2, 0) is 11.3 Å². The van der Waals surface area contributed by atoms with E-state index >= 15 is 0 Å². The lowest BCUT2D eigenvalue weighted by Gasteiger charge is -2.22. The molecule has 3 N–H and O–H groups in total. The van der Waals surface area contributed by atoms with Crippen LogP contribution in [0.4, 0.5) is 5.69 Å². The molecule has 0 atom stereocenters. The van der Waals surface area contributed by atoms with Gasteiger partial charge in [-0.25, -0.2) is 0 Å². The minimum absolute atomic E-state index is 0.0481. The number of nitrogens with one attached hydrogen (secondary N) is 1. The predicted molar refractivity (Wildman–Crippen MR) is 74.9 cm³/mol. The van der Waals surface area contributed by atoms with Crippen molar-refractivity contribution in [3.8, 4) is 0 Å². The molecular weight excluding hydrogens is 258 g/mol. The van der Waals surface area contributed by atoms with Gasteiger partial charge in [0.15, 0.2) is 0 Å². The topological polar surface area (TPSA) is 98.3 Å². The summed E-state index contributed by atoms with van der Waals surface area (Å²) in [6, 6.07) is 6.16. The standard InChI is InChI=1S/C14H19N3O3/c15-14(7-1-2-8-14)9-13(18)16-10-11-3-5-12(6-4-11)17(19)20/h3-6H,1-2,7-10,15H2,(H,16,18). The number of hydrogen-bond acceptors (Lipinski definition) is 4. The molecule has 1 saturated carbocycles. The zero-order valence-corrected chi connectivity index (χ0v) is 11.3. The zero-order valence-electron chi connectivity index (χ0n) is 11.3. The monoisotopic (exact) mass is 277 g/mol. The van der Waals surface area contributed by atoms with E-state index in [0.717, 1.165) is 31.2 Å². The number of carbonyl (C=O) groups is 1. The Balaban J connectivity index is 1.82. The van der Waals surface area contributed by atoms with Gasteiger partial charge in [0, 0.05) is 30.6 Å². The van der Waals surface area contributed by atoms with Crippen LogP contribution in [0.3, 0.4) is 0 Å². The Morgan fingerprint density at radius 3 is 2.45 bits per heavy atom. The number of amides is 1. The van der Waals surface area contributed by atoms with E-state index in [0.29, 0.717) is 13.0 Å². The second-order valence-corrected chi connectivity index (χ2v) is 5.45. The fourth-order valence-corrected chi connectivity index (χ4v) is 2.57. The minimum Gasteiger partial charge on any atom is -0.352 e. The molecule has 0 aromatic heterocycles. The summed E-state index contributed by atoms with van der Waals surface area (Å²) in [4.78, 5) is 21.9. The Morgan fingerprint density at radius 1 is 1.30 bits per heavy atom. The van der Waals surface area contributed by atoms with Crippen LogP contribution in [0.15, 0.2) is 24.3 Å². The Morgan fingerprint density at radius 2 is 1.90 bits per heavy atom. The molecule has 0 saturated heterocycles. The lowest BCUT2D eigenvalue weighted by atomic mass is 9.94. The molecule has 0 spiro atoms. The van der Waals surface area contributed by atoms with Gasteiger partial charge in [-0.15, -0.1) is 0 Å². The van der Waals surface area contributed by atoms with Gasteiger partial charge < -0.3 is 11.1 Å². The quantitative estimate of drug-likeness (QED) is 0.634. The third-order valence-electron chi connectivity index (χ3n) is 3.75. The van der Waals surface area contributed by atoms with Crippen LogP contribution in [0.2, 0.25) is 0 Å². The van der Waals surface area contributed by atoms with Gasteiger partial charge in [0.05, 0.1) is 4.92 Å². The summed E-state index contributed by atoms with van der Waals surface area (Å²) in [6.07, 6.45) is 4.33. The number of nitro groups is 1. The molecule has 1 amide bonds. The third kappa shape index (κ3) is 3.77. The molecule has 6 heteroatoms. The molecule has 1 aliphatic rings. The van der Waals surface area contributed by atoms with Gasteiger partial charge in [-0.2, -0.15) is 0 Å². The first-order valence-corrected chi connectivity index (χ1v) is 6.77. The highest BCUT2D eigenvalue weighted by Crippen LogP contribution is 2.29. The highest BCUT2D eigenvalue weighted by atomic mass is 16.6. The van der Waals surface area contributed by atoms with E-state index in [1.807, 2.05) is 0 Å². The highest BCUT2D eigenvalue weighted by Gasteiger charge is 2.31. The van der Waals surface area contributed by atoms with Gasteiger partial charge in [-0.1, -0.05) is 25.0 Å². The number of nitrogens with two attached hydrogens (primary N) is 1. The second kappa shape index (κ2) is 6.00. The highest BCUT2D eigenvalue weighted by molar-refractivity contribution is 5.77. The van der Waals surface area contributed by atoms with Crippen molar-refractivity contribution in [3.63, 3.8) is 0 Å². The van der Waals surface area contributed by atoms with E-state index in [1.165, 1.54) is 12.1 Å². The fraction of sp³-hybridized carbons (Fsp3) is 0.500. The van der Waals surface area contributed by atoms with Crippen molar-refractivity contribution in [3.05, 3.63) is 39.9 Å². The van der Waals surface area contributed by atoms with Gasteiger partial charge in [-0.3, -0.25) is 14.9 Å². The first kappa shape index (κ1) is 14.5. The van der Waals surface area contributed by atoms with Gasteiger partial charge in [0.2, 0.25) is 5.91 Å². The van der Waals surface area contributed by atoms with Crippen LogP contribution in [-0.4, -0.2) is 16.4 Å². The van der Waals surface area contributed by atoms with Crippen molar-refractivity contribution in [1.29, 1.82) is 0 Å². The van der Waals surface area contributed by atoms with E-state index in [9.17, 15) is 14.9 Å². The van der Waals surface area contributed by atoms with Crippen LogP contribution >= 0.6 is 0 Å². The smallest absolute Gasteiger partial charge is 0.269 e. The third-order valence-corrected chi connectivity index (χ3v) is 3.75. The minimum atomic E-state index is -0.444. The summed E-state index contributed by atoms with van der Waals surface area (Å²) in [5.74, 6) is -0.0623. The molecule has 0 bridgehead atoms. The van der Waals surface area contributed by atoms with Crippen LogP contribution in [0, 0.1) is 10.1 Å². The predicted octanol–water partition coefficient (Wildman–Crippen LogP) is 1.87. The van der Waals surface area contributed by atoms with Crippen molar-refractivity contribution in [1.82, 2.24) is 5.32 Å². The number of nitrogens with zero attached hydrogens (tertiary/aromatic N) is 1. The molecule has 2 rings (SSSR count).